The molecule has 0 saturated carbocycles. The minimum atomic E-state index is -4.51. The van der Waals surface area contributed by atoms with Gasteiger partial charge in [0, 0.05) is 36.6 Å². The fourth-order valence-electron chi connectivity index (χ4n) is 2.84. The van der Waals surface area contributed by atoms with E-state index in [1.54, 1.807) is 12.4 Å². The number of primary amides is 1. The lowest BCUT2D eigenvalue weighted by Crippen LogP contribution is -2.33. The fraction of sp³-hybridized carbons (Fsp3) is 0.143. The first-order chi connectivity index (χ1) is 15.5. The number of hydrogen-bond acceptors (Lipinski definition) is 6. The highest BCUT2D eigenvalue weighted by Gasteiger charge is 2.27. The van der Waals surface area contributed by atoms with Gasteiger partial charge in [-0.3, -0.25) is 14.6 Å². The van der Waals surface area contributed by atoms with Crippen LogP contribution in [0.15, 0.2) is 55.0 Å². The Morgan fingerprint density at radius 2 is 1.79 bits per heavy atom. The van der Waals surface area contributed by atoms with Crippen molar-refractivity contribution in [3.05, 3.63) is 71.9 Å². The Balaban J connectivity index is 1.81. The molecule has 3 rings (SSSR count). The number of rotatable bonds is 7. The summed E-state index contributed by atoms with van der Waals surface area (Å²) >= 11 is 0. The van der Waals surface area contributed by atoms with E-state index in [0.29, 0.717) is 22.9 Å². The van der Waals surface area contributed by atoms with Crippen LogP contribution in [-0.2, 0) is 0 Å². The summed E-state index contributed by atoms with van der Waals surface area (Å²) in [5, 5.41) is 4.75. The maximum Gasteiger partial charge on any atom is 0.405 e. The highest BCUT2D eigenvalue weighted by atomic mass is 19.4. The number of aromatic nitrogens is 2. The van der Waals surface area contributed by atoms with Crippen LogP contribution >= 0.6 is 0 Å². The van der Waals surface area contributed by atoms with Gasteiger partial charge in [0.05, 0.1) is 29.3 Å². The minimum Gasteiger partial charge on any atom is -0.365 e. The van der Waals surface area contributed by atoms with Crippen LogP contribution in [0, 0.1) is 5.82 Å². The molecule has 1 aromatic carbocycles. The molecule has 0 radical (unpaired) electrons. The van der Waals surface area contributed by atoms with Crippen molar-refractivity contribution in [1.82, 2.24) is 15.3 Å². The number of nitrogens with one attached hydrogen (secondary N) is 2. The molecule has 2 heterocycles. The van der Waals surface area contributed by atoms with Gasteiger partial charge in [-0.1, -0.05) is 0 Å². The molecule has 172 valence electrons. The average molecular weight is 462 g/mol. The van der Waals surface area contributed by atoms with E-state index in [0.717, 1.165) is 6.20 Å². The number of carbonyl (C=O) groups is 2. The topological polar surface area (TPSA) is 113 Å². The maximum absolute atomic E-state index is 13.6. The van der Waals surface area contributed by atoms with E-state index in [1.807, 2.05) is 0 Å². The Kier molecular flexibility index (Phi) is 6.75. The molecule has 0 fully saturated rings. The van der Waals surface area contributed by atoms with Crippen LogP contribution < -0.4 is 21.3 Å². The number of nitrogens with zero attached hydrogens (tertiary/aromatic N) is 3. The van der Waals surface area contributed by atoms with Crippen molar-refractivity contribution in [3.63, 3.8) is 0 Å². The third kappa shape index (κ3) is 6.15. The van der Waals surface area contributed by atoms with Crippen molar-refractivity contribution in [2.75, 3.05) is 23.8 Å². The van der Waals surface area contributed by atoms with Crippen LogP contribution in [0.1, 0.15) is 20.7 Å². The monoisotopic (exact) mass is 462 g/mol. The molecule has 0 aliphatic rings. The first-order valence-electron chi connectivity index (χ1n) is 9.39. The zero-order valence-electron chi connectivity index (χ0n) is 17.2. The van der Waals surface area contributed by atoms with Gasteiger partial charge in [0.15, 0.2) is 0 Å². The van der Waals surface area contributed by atoms with Crippen molar-refractivity contribution in [2.45, 2.75) is 6.18 Å². The van der Waals surface area contributed by atoms with E-state index >= 15 is 0 Å². The van der Waals surface area contributed by atoms with Crippen molar-refractivity contribution in [2.24, 2.45) is 5.73 Å². The summed E-state index contributed by atoms with van der Waals surface area (Å²) < 4.78 is 50.3. The smallest absolute Gasteiger partial charge is 0.365 e. The standard InChI is InChI=1S/C21H18F4N6O2/c1-31(15-6-13(22)8-27-9-15)17-7-18(28-10-16(17)19(26)32)30-14-4-2-12(3-5-14)20(33)29-11-21(23,24)25/h2-10H,11H2,1H3,(H2,26,32)(H,28,30)(H,29,33). The number of alkyl halides is 3. The quantitative estimate of drug-likeness (QED) is 0.463. The van der Waals surface area contributed by atoms with E-state index in [2.05, 4.69) is 15.3 Å². The lowest BCUT2D eigenvalue weighted by atomic mass is 10.1. The SMILES string of the molecule is CN(c1cncc(F)c1)c1cc(Nc2ccc(C(=O)NCC(F)(F)F)cc2)ncc1C(N)=O. The number of nitrogens with two attached hydrogens (primary N) is 1. The predicted octanol–water partition coefficient (Wildman–Crippen LogP) is 3.52. The van der Waals surface area contributed by atoms with Gasteiger partial charge in [0.1, 0.15) is 18.2 Å². The van der Waals surface area contributed by atoms with E-state index < -0.39 is 30.4 Å². The van der Waals surface area contributed by atoms with Crippen LogP contribution in [-0.4, -0.2) is 41.6 Å². The lowest BCUT2D eigenvalue weighted by Gasteiger charge is -2.22. The van der Waals surface area contributed by atoms with Gasteiger partial charge in [0.25, 0.3) is 11.8 Å². The van der Waals surface area contributed by atoms with Crippen LogP contribution in [0.4, 0.5) is 40.4 Å². The van der Waals surface area contributed by atoms with Crippen LogP contribution in [0.3, 0.4) is 0 Å². The van der Waals surface area contributed by atoms with Gasteiger partial charge in [-0.05, 0) is 24.3 Å². The summed E-state index contributed by atoms with van der Waals surface area (Å²) in [7, 11) is 1.59. The molecule has 0 spiro atoms. The van der Waals surface area contributed by atoms with Crippen LogP contribution in [0.2, 0.25) is 0 Å². The first-order valence-corrected chi connectivity index (χ1v) is 9.39. The Hall–Kier alpha value is -4.22. The Bertz CT molecular complexity index is 1170. The predicted molar refractivity (Wildman–Crippen MR) is 113 cm³/mol. The van der Waals surface area contributed by atoms with E-state index in [1.165, 1.54) is 53.7 Å². The molecular formula is C21H18F4N6O2. The molecule has 0 unspecified atom stereocenters. The molecule has 12 heteroatoms. The Labute approximate surface area is 185 Å². The Morgan fingerprint density at radius 3 is 2.39 bits per heavy atom. The van der Waals surface area contributed by atoms with Gasteiger partial charge in [-0.15, -0.1) is 0 Å². The van der Waals surface area contributed by atoms with Gasteiger partial charge >= 0.3 is 6.18 Å². The molecule has 0 aliphatic heterocycles. The summed E-state index contributed by atoms with van der Waals surface area (Å²) in [6, 6.07) is 8.38. The number of amides is 2. The zero-order valence-corrected chi connectivity index (χ0v) is 17.2. The molecule has 2 amide bonds. The second-order valence-electron chi connectivity index (χ2n) is 6.87. The summed E-state index contributed by atoms with van der Waals surface area (Å²) in [6.45, 7) is -1.43. The molecule has 8 nitrogen and oxygen atoms in total. The van der Waals surface area contributed by atoms with Gasteiger partial charge in [-0.2, -0.15) is 13.2 Å². The molecule has 4 N–H and O–H groups in total. The molecule has 2 aromatic heterocycles. The second kappa shape index (κ2) is 9.51. The summed E-state index contributed by atoms with van der Waals surface area (Å²) in [5.41, 5.74) is 6.73. The number of halogens is 4. The number of hydrogen-bond donors (Lipinski definition) is 3. The molecule has 33 heavy (non-hydrogen) atoms. The van der Waals surface area contributed by atoms with Crippen molar-refractivity contribution >= 4 is 34.7 Å². The molecule has 0 aliphatic carbocycles. The van der Waals surface area contributed by atoms with E-state index in [9.17, 15) is 27.2 Å². The molecular weight excluding hydrogens is 444 g/mol. The highest BCUT2D eigenvalue weighted by molar-refractivity contribution is 5.99. The number of anilines is 4. The maximum atomic E-state index is 13.6. The largest absolute Gasteiger partial charge is 0.405 e. The molecule has 0 atom stereocenters. The first kappa shape index (κ1) is 23.4. The van der Waals surface area contributed by atoms with Crippen LogP contribution in [0.25, 0.3) is 0 Å². The van der Waals surface area contributed by atoms with Crippen molar-refractivity contribution in [1.29, 1.82) is 0 Å². The summed E-state index contributed by atoms with van der Waals surface area (Å²) in [6.07, 6.45) is -0.808. The normalized spacial score (nSPS) is 11.1. The van der Waals surface area contributed by atoms with Gasteiger partial charge in [0.2, 0.25) is 0 Å². The second-order valence-corrected chi connectivity index (χ2v) is 6.87. The number of pyridine rings is 2. The summed E-state index contributed by atoms with van der Waals surface area (Å²) in [5.74, 6) is -1.88. The third-order valence-electron chi connectivity index (χ3n) is 4.46. The Morgan fingerprint density at radius 1 is 1.09 bits per heavy atom. The average Bonchev–Trinajstić information content (AvgIpc) is 2.76. The fourth-order valence-corrected chi connectivity index (χ4v) is 2.84. The van der Waals surface area contributed by atoms with Gasteiger partial charge < -0.3 is 21.3 Å². The minimum absolute atomic E-state index is 0.0425. The molecule has 0 bridgehead atoms. The lowest BCUT2D eigenvalue weighted by molar-refractivity contribution is -0.123. The third-order valence-corrected chi connectivity index (χ3v) is 4.46. The van der Waals surface area contributed by atoms with Crippen molar-refractivity contribution < 1.29 is 27.2 Å². The zero-order chi connectivity index (χ0) is 24.2. The van der Waals surface area contributed by atoms with Gasteiger partial charge in [-0.25, -0.2) is 9.37 Å². The highest BCUT2D eigenvalue weighted by Crippen LogP contribution is 2.29. The van der Waals surface area contributed by atoms with Crippen LogP contribution in [0.5, 0.6) is 0 Å². The van der Waals surface area contributed by atoms with E-state index in [4.69, 9.17) is 5.73 Å². The van der Waals surface area contributed by atoms with Crippen molar-refractivity contribution in [3.8, 4) is 0 Å². The molecule has 3 aromatic rings. The summed E-state index contributed by atoms with van der Waals surface area (Å²) in [4.78, 5) is 33.1. The molecule has 0 saturated heterocycles. The number of benzene rings is 1. The number of carbonyl (C=O) groups excluding carboxylic acids is 2. The van der Waals surface area contributed by atoms with E-state index in [-0.39, 0.29) is 11.1 Å².